The van der Waals surface area contributed by atoms with Crippen molar-refractivity contribution in [2.45, 2.75) is 0 Å². The average Bonchev–Trinajstić information content (AvgIpc) is 2.73. The van der Waals surface area contributed by atoms with Crippen LogP contribution < -0.4 is 14.9 Å². The van der Waals surface area contributed by atoms with Gasteiger partial charge in [0.15, 0.2) is 11.5 Å². The lowest BCUT2D eigenvalue weighted by molar-refractivity contribution is 0.326. The molecule has 0 aliphatic heterocycles. The van der Waals surface area contributed by atoms with Gasteiger partial charge < -0.3 is 9.47 Å². The minimum absolute atomic E-state index is 0.467. The summed E-state index contributed by atoms with van der Waals surface area (Å²) in [5.41, 5.74) is 5.99. The summed E-state index contributed by atoms with van der Waals surface area (Å²) in [5.74, 6) is 1.37. The second-order valence-electron chi connectivity index (χ2n) is 5.77. The minimum atomic E-state index is 0.467. The third-order valence-corrected chi connectivity index (χ3v) is 3.81. The zero-order valence-electron chi connectivity index (χ0n) is 15.2. The molecule has 1 N–H and O–H groups in total. The predicted octanol–water partition coefficient (Wildman–Crippen LogP) is 5.23. The first-order chi connectivity index (χ1) is 13.3. The van der Waals surface area contributed by atoms with Crippen molar-refractivity contribution in [3.05, 3.63) is 96.1 Å². The summed E-state index contributed by atoms with van der Waals surface area (Å²) in [7, 11) is 1.63. The number of hydrogen-bond donors (Lipinski definition) is 1. The highest BCUT2D eigenvalue weighted by Gasteiger charge is 2.04. The molecule has 0 aliphatic rings. The monoisotopic (exact) mass is 358 g/mol. The summed E-state index contributed by atoms with van der Waals surface area (Å²) in [6.07, 6.45) is 5.76. The Morgan fingerprint density at radius 3 is 2.33 bits per heavy atom. The molecule has 0 bridgehead atoms. The van der Waals surface area contributed by atoms with Crippen molar-refractivity contribution in [1.82, 2.24) is 0 Å². The van der Waals surface area contributed by atoms with Gasteiger partial charge in [0.1, 0.15) is 6.61 Å². The number of ether oxygens (including phenoxy) is 2. The second-order valence-corrected chi connectivity index (χ2v) is 5.77. The summed E-state index contributed by atoms with van der Waals surface area (Å²) in [4.78, 5) is 0. The highest BCUT2D eigenvalue weighted by atomic mass is 16.5. The number of hydrazone groups is 1. The van der Waals surface area contributed by atoms with Crippen LogP contribution in [-0.4, -0.2) is 19.9 Å². The lowest BCUT2D eigenvalue weighted by atomic mass is 10.2. The van der Waals surface area contributed by atoms with Crippen LogP contribution in [0.4, 0.5) is 5.69 Å². The summed E-state index contributed by atoms with van der Waals surface area (Å²) >= 11 is 0. The average molecular weight is 358 g/mol. The molecule has 3 rings (SSSR count). The summed E-state index contributed by atoms with van der Waals surface area (Å²) < 4.78 is 11.2. The van der Waals surface area contributed by atoms with Crippen molar-refractivity contribution in [2.75, 3.05) is 19.1 Å². The van der Waals surface area contributed by atoms with Crippen molar-refractivity contribution < 1.29 is 9.47 Å². The molecule has 0 aliphatic carbocycles. The van der Waals surface area contributed by atoms with E-state index in [9.17, 15) is 0 Å². The third kappa shape index (κ3) is 5.75. The first-order valence-corrected chi connectivity index (χ1v) is 8.72. The van der Waals surface area contributed by atoms with E-state index in [1.807, 2.05) is 78.9 Å². The zero-order chi connectivity index (χ0) is 18.7. The molecular formula is C23H22N2O2. The Morgan fingerprint density at radius 2 is 1.59 bits per heavy atom. The molecule has 0 radical (unpaired) electrons. The van der Waals surface area contributed by atoms with Gasteiger partial charge in [0.25, 0.3) is 0 Å². The maximum Gasteiger partial charge on any atom is 0.161 e. The number of benzene rings is 3. The van der Waals surface area contributed by atoms with Crippen LogP contribution >= 0.6 is 0 Å². The van der Waals surface area contributed by atoms with E-state index < -0.39 is 0 Å². The highest BCUT2D eigenvalue weighted by Crippen LogP contribution is 2.27. The smallest absolute Gasteiger partial charge is 0.161 e. The van der Waals surface area contributed by atoms with E-state index in [0.717, 1.165) is 16.8 Å². The van der Waals surface area contributed by atoms with Gasteiger partial charge in [-0.3, -0.25) is 5.43 Å². The second kappa shape index (κ2) is 9.82. The maximum atomic E-state index is 5.81. The van der Waals surface area contributed by atoms with E-state index in [2.05, 4.69) is 22.7 Å². The van der Waals surface area contributed by atoms with Crippen LogP contribution in [0, 0.1) is 0 Å². The quantitative estimate of drug-likeness (QED) is 0.443. The topological polar surface area (TPSA) is 42.8 Å². The van der Waals surface area contributed by atoms with Gasteiger partial charge in [-0.05, 0) is 47.5 Å². The lowest BCUT2D eigenvalue weighted by Crippen LogP contribution is -1.98. The SMILES string of the molecule is COc1cc(C=NNc2ccccc2)ccc1OCC=Cc1ccccc1. The first kappa shape index (κ1) is 18.3. The van der Waals surface area contributed by atoms with E-state index in [-0.39, 0.29) is 0 Å². The van der Waals surface area contributed by atoms with Crippen LogP contribution in [0.15, 0.2) is 90.0 Å². The Morgan fingerprint density at radius 1 is 0.852 bits per heavy atom. The van der Waals surface area contributed by atoms with Crippen molar-refractivity contribution >= 4 is 18.0 Å². The van der Waals surface area contributed by atoms with Crippen molar-refractivity contribution in [1.29, 1.82) is 0 Å². The molecule has 0 atom stereocenters. The van der Waals surface area contributed by atoms with Crippen LogP contribution in [0.5, 0.6) is 11.5 Å². The Labute approximate surface area is 159 Å². The third-order valence-electron chi connectivity index (χ3n) is 3.81. The molecule has 0 fully saturated rings. The standard InChI is InChI=1S/C23H22N2O2/c1-26-23-17-20(18-24-25-21-12-6-3-7-13-21)14-15-22(23)27-16-8-11-19-9-4-2-5-10-19/h2-15,17-18,25H,16H2,1H3. The highest BCUT2D eigenvalue weighted by molar-refractivity contribution is 5.81. The van der Waals surface area contributed by atoms with Gasteiger partial charge in [-0.25, -0.2) is 0 Å². The molecule has 3 aromatic rings. The molecule has 4 heteroatoms. The molecule has 3 aromatic carbocycles. The Hall–Kier alpha value is -3.53. The predicted molar refractivity (Wildman–Crippen MR) is 112 cm³/mol. The number of para-hydroxylation sites is 1. The lowest BCUT2D eigenvalue weighted by Gasteiger charge is -2.09. The molecule has 136 valence electrons. The molecule has 0 saturated heterocycles. The van der Waals surface area contributed by atoms with Gasteiger partial charge in [-0.2, -0.15) is 5.10 Å². The number of anilines is 1. The maximum absolute atomic E-state index is 5.81. The molecule has 0 spiro atoms. The summed E-state index contributed by atoms with van der Waals surface area (Å²) in [6.45, 7) is 0.467. The molecule has 0 aromatic heterocycles. The normalized spacial score (nSPS) is 11.0. The van der Waals surface area contributed by atoms with Gasteiger partial charge in [0.2, 0.25) is 0 Å². The molecule has 0 heterocycles. The van der Waals surface area contributed by atoms with Gasteiger partial charge >= 0.3 is 0 Å². The first-order valence-electron chi connectivity index (χ1n) is 8.72. The van der Waals surface area contributed by atoms with E-state index in [0.29, 0.717) is 18.1 Å². The fourth-order valence-electron chi connectivity index (χ4n) is 2.46. The zero-order valence-corrected chi connectivity index (χ0v) is 15.2. The van der Waals surface area contributed by atoms with Crippen LogP contribution in [-0.2, 0) is 0 Å². The Kier molecular flexibility index (Phi) is 6.65. The molecule has 0 unspecified atom stereocenters. The van der Waals surface area contributed by atoms with Crippen molar-refractivity contribution in [3.63, 3.8) is 0 Å². The van der Waals surface area contributed by atoms with Crippen LogP contribution in [0.3, 0.4) is 0 Å². The fraction of sp³-hybridized carbons (Fsp3) is 0.0870. The Bertz CT molecular complexity index is 891. The van der Waals surface area contributed by atoms with Gasteiger partial charge in [0.05, 0.1) is 19.0 Å². The fourth-order valence-corrected chi connectivity index (χ4v) is 2.46. The molecule has 4 nitrogen and oxygen atoms in total. The number of methoxy groups -OCH3 is 1. The van der Waals surface area contributed by atoms with E-state index in [4.69, 9.17) is 9.47 Å². The van der Waals surface area contributed by atoms with Gasteiger partial charge in [-0.1, -0.05) is 54.6 Å². The van der Waals surface area contributed by atoms with Gasteiger partial charge in [-0.15, -0.1) is 0 Å². The minimum Gasteiger partial charge on any atom is -0.493 e. The van der Waals surface area contributed by atoms with Crippen molar-refractivity contribution in [3.8, 4) is 11.5 Å². The summed E-state index contributed by atoms with van der Waals surface area (Å²) in [6, 6.07) is 25.6. The number of nitrogens with one attached hydrogen (secondary N) is 1. The largest absolute Gasteiger partial charge is 0.493 e. The van der Waals surface area contributed by atoms with E-state index >= 15 is 0 Å². The van der Waals surface area contributed by atoms with E-state index in [1.165, 1.54) is 0 Å². The summed E-state index contributed by atoms with van der Waals surface area (Å²) in [5, 5.41) is 4.24. The number of hydrogen-bond acceptors (Lipinski definition) is 4. The van der Waals surface area contributed by atoms with E-state index in [1.54, 1.807) is 13.3 Å². The van der Waals surface area contributed by atoms with Crippen LogP contribution in [0.2, 0.25) is 0 Å². The number of rotatable bonds is 8. The number of nitrogens with zero attached hydrogens (tertiary/aromatic N) is 1. The van der Waals surface area contributed by atoms with Gasteiger partial charge in [0, 0.05) is 0 Å². The Balaban J connectivity index is 1.58. The molecular weight excluding hydrogens is 336 g/mol. The molecule has 27 heavy (non-hydrogen) atoms. The van der Waals surface area contributed by atoms with Crippen molar-refractivity contribution in [2.24, 2.45) is 5.10 Å². The molecule has 0 saturated carbocycles. The van der Waals surface area contributed by atoms with Crippen LogP contribution in [0.25, 0.3) is 6.08 Å². The molecule has 0 amide bonds. The van der Waals surface area contributed by atoms with Crippen LogP contribution in [0.1, 0.15) is 11.1 Å².